The normalized spacial score (nSPS) is 37.0. The second-order valence-corrected chi connectivity index (χ2v) is 27.0. The Balaban J connectivity index is 1.80. The number of ether oxygens (including phenoxy) is 4. The van der Waals surface area contributed by atoms with Gasteiger partial charge in [-0.1, -0.05) is 0 Å². The fourth-order valence-corrected chi connectivity index (χ4v) is 22.3. The van der Waals surface area contributed by atoms with E-state index in [9.17, 15) is 0 Å². The molecule has 0 unspecified atom stereocenters. The first kappa shape index (κ1) is 32.9. The molecule has 0 N–H and O–H groups in total. The van der Waals surface area contributed by atoms with Gasteiger partial charge in [-0.05, 0) is 0 Å². The first-order valence-corrected chi connectivity index (χ1v) is 24.0. The standard InChI is InChI=1S/C21H35O4.3C4H9.Sn/c1-9-12(2)17-14(4)19(24-20(6,7)23-17)15(5)18-13(3)16-10-11-21(8,22-16)25-18;3*1-3-4-2;/h1,9,12-19H,10-11H2,2-8H3;3*1,3-4H2,2H3;/t12-,13+,14+,15-,16-,17-,18+,19+,21-;;;;/m0..../s1. The molecule has 5 heteroatoms. The number of fused-ring (bicyclic) bond motifs is 2. The molecule has 4 nitrogen and oxygen atoms in total. The van der Waals surface area contributed by atoms with E-state index in [1.54, 1.807) is 0 Å². The predicted molar refractivity (Wildman–Crippen MR) is 162 cm³/mol. The molecule has 2 bridgehead atoms. The van der Waals surface area contributed by atoms with Crippen molar-refractivity contribution in [1.29, 1.82) is 0 Å². The minimum absolute atomic E-state index is 0.0988. The van der Waals surface area contributed by atoms with Gasteiger partial charge in [-0.25, -0.2) is 0 Å². The van der Waals surface area contributed by atoms with E-state index in [2.05, 4.69) is 79.4 Å². The van der Waals surface area contributed by atoms with Gasteiger partial charge in [0.2, 0.25) is 0 Å². The summed E-state index contributed by atoms with van der Waals surface area (Å²) in [7, 11) is 0. The predicted octanol–water partition coefficient (Wildman–Crippen LogP) is 9.29. The molecule has 0 aromatic heterocycles. The van der Waals surface area contributed by atoms with Gasteiger partial charge in [-0.2, -0.15) is 0 Å². The Bertz CT molecular complexity index is 732. The van der Waals surface area contributed by atoms with E-state index < -0.39 is 30.0 Å². The summed E-state index contributed by atoms with van der Waals surface area (Å²) in [4.78, 5) is 0. The third kappa shape index (κ3) is 8.01. The first-order valence-electron chi connectivity index (χ1n) is 16.3. The fourth-order valence-electron chi connectivity index (χ4n) is 7.61. The summed E-state index contributed by atoms with van der Waals surface area (Å²) in [5.41, 5.74) is 0. The second-order valence-electron chi connectivity index (χ2n) is 13.9. The van der Waals surface area contributed by atoms with Crippen LogP contribution in [0.3, 0.4) is 0 Å². The zero-order chi connectivity index (χ0) is 28.1. The van der Waals surface area contributed by atoms with Crippen molar-refractivity contribution >= 4 is 18.4 Å². The molecule has 3 aliphatic rings. The number of hydrogen-bond donors (Lipinski definition) is 0. The molecule has 0 saturated carbocycles. The molecule has 0 radical (unpaired) electrons. The van der Waals surface area contributed by atoms with Crippen molar-refractivity contribution in [1.82, 2.24) is 0 Å². The van der Waals surface area contributed by atoms with E-state index in [0.29, 0.717) is 23.9 Å². The van der Waals surface area contributed by atoms with Crippen LogP contribution in [-0.4, -0.2) is 54.4 Å². The van der Waals surface area contributed by atoms with Crippen LogP contribution in [0.15, 0.2) is 10.2 Å². The van der Waals surface area contributed by atoms with Crippen LogP contribution >= 0.6 is 0 Å². The zero-order valence-electron chi connectivity index (χ0n) is 26.7. The van der Waals surface area contributed by atoms with Crippen LogP contribution in [0.5, 0.6) is 0 Å². The monoisotopic (exact) mass is 642 g/mol. The van der Waals surface area contributed by atoms with Gasteiger partial charge in [0.05, 0.1) is 0 Å². The molecule has 3 rings (SSSR count). The Labute approximate surface area is 240 Å². The average Bonchev–Trinajstić information content (AvgIpc) is 3.23. The summed E-state index contributed by atoms with van der Waals surface area (Å²) in [5, 5.41) is 0. The molecule has 3 heterocycles. The Morgan fingerprint density at radius 3 is 1.84 bits per heavy atom. The van der Waals surface area contributed by atoms with E-state index in [1.165, 1.54) is 51.8 Å². The number of rotatable bonds is 14. The summed E-state index contributed by atoms with van der Waals surface area (Å²) in [6.07, 6.45) is 13.6. The van der Waals surface area contributed by atoms with Crippen molar-refractivity contribution in [3.63, 3.8) is 0 Å². The average molecular weight is 642 g/mol. The van der Waals surface area contributed by atoms with Gasteiger partial charge >= 0.3 is 241 Å². The van der Waals surface area contributed by atoms with E-state index in [1.807, 2.05) is 0 Å². The third-order valence-corrected chi connectivity index (χ3v) is 24.2. The quantitative estimate of drug-likeness (QED) is 0.177. The van der Waals surface area contributed by atoms with Crippen molar-refractivity contribution in [2.24, 2.45) is 23.7 Å². The minimum atomic E-state index is -2.34. The van der Waals surface area contributed by atoms with E-state index >= 15 is 0 Å². The summed E-state index contributed by atoms with van der Waals surface area (Å²) in [6.45, 7) is 22.8. The van der Waals surface area contributed by atoms with Crippen LogP contribution in [0.4, 0.5) is 0 Å². The summed E-state index contributed by atoms with van der Waals surface area (Å²) >= 11 is -2.34. The maximum atomic E-state index is 6.71. The summed E-state index contributed by atoms with van der Waals surface area (Å²) in [6, 6.07) is 0. The molecule has 3 saturated heterocycles. The summed E-state index contributed by atoms with van der Waals surface area (Å²) < 4.78 is 33.7. The van der Waals surface area contributed by atoms with E-state index in [-0.39, 0.29) is 24.2 Å². The van der Waals surface area contributed by atoms with Crippen molar-refractivity contribution in [3.8, 4) is 0 Å². The molecular weight excluding hydrogens is 579 g/mol. The number of hydrogen-bond acceptors (Lipinski definition) is 4. The molecule has 222 valence electrons. The molecule has 0 aromatic rings. The molecule has 3 aliphatic heterocycles. The topological polar surface area (TPSA) is 36.9 Å². The third-order valence-electron chi connectivity index (χ3n) is 10.0. The van der Waals surface area contributed by atoms with Crippen molar-refractivity contribution in [3.05, 3.63) is 10.2 Å². The first-order chi connectivity index (χ1) is 17.9. The van der Waals surface area contributed by atoms with Gasteiger partial charge in [0, 0.05) is 0 Å². The number of unbranched alkanes of at least 4 members (excludes halogenated alkanes) is 3. The SMILES string of the molecule is CCC[CH2][Sn](/[CH]=C/[C@H](C)[C@@H]1OC(C)(C)O[C@@H]([C@@H](C)[C@@H]2O[C@@]3(C)CC[C@H](O3)[C@H]2C)[C@@H]1C)([CH2]CCC)[CH2]CCC. The van der Waals surface area contributed by atoms with Gasteiger partial charge in [0.15, 0.2) is 0 Å². The van der Waals surface area contributed by atoms with E-state index in [4.69, 9.17) is 18.9 Å². The van der Waals surface area contributed by atoms with Gasteiger partial charge in [-0.3, -0.25) is 0 Å². The Morgan fingerprint density at radius 2 is 1.29 bits per heavy atom. The van der Waals surface area contributed by atoms with Crippen LogP contribution in [-0.2, 0) is 18.9 Å². The summed E-state index contributed by atoms with van der Waals surface area (Å²) in [5.74, 6) is 0.314. The molecular formula is C33H62O4Sn. The second kappa shape index (κ2) is 14.0. The Morgan fingerprint density at radius 1 is 0.763 bits per heavy atom. The molecule has 0 aliphatic carbocycles. The van der Waals surface area contributed by atoms with Gasteiger partial charge in [-0.15, -0.1) is 0 Å². The molecule has 3 fully saturated rings. The van der Waals surface area contributed by atoms with Crippen molar-refractivity contribution in [2.75, 3.05) is 0 Å². The molecule has 9 atom stereocenters. The molecule has 38 heavy (non-hydrogen) atoms. The molecule has 0 amide bonds. The maximum absolute atomic E-state index is 6.71. The zero-order valence-corrected chi connectivity index (χ0v) is 29.5. The van der Waals surface area contributed by atoms with Crippen molar-refractivity contribution in [2.45, 2.75) is 170 Å². The van der Waals surface area contributed by atoms with Crippen LogP contribution in [0.2, 0.25) is 13.3 Å². The van der Waals surface area contributed by atoms with E-state index in [0.717, 1.165) is 12.8 Å². The van der Waals surface area contributed by atoms with Crippen LogP contribution in [0.25, 0.3) is 0 Å². The van der Waals surface area contributed by atoms with Crippen LogP contribution in [0, 0.1) is 23.7 Å². The van der Waals surface area contributed by atoms with Crippen LogP contribution in [0.1, 0.15) is 121 Å². The Hall–Kier alpha value is 0.379. The Kier molecular flexibility index (Phi) is 12.1. The van der Waals surface area contributed by atoms with Gasteiger partial charge < -0.3 is 0 Å². The fraction of sp³-hybridized carbons (Fsp3) is 0.939. The molecule has 0 spiro atoms. The van der Waals surface area contributed by atoms with Crippen LogP contribution < -0.4 is 0 Å². The van der Waals surface area contributed by atoms with Gasteiger partial charge in [0.25, 0.3) is 0 Å². The molecule has 0 aromatic carbocycles. The van der Waals surface area contributed by atoms with Crippen molar-refractivity contribution < 1.29 is 18.9 Å². The van der Waals surface area contributed by atoms with Gasteiger partial charge in [0.1, 0.15) is 0 Å².